The summed E-state index contributed by atoms with van der Waals surface area (Å²) in [6, 6.07) is 5.09. The molecule has 1 atom stereocenters. The molecule has 0 saturated carbocycles. The Morgan fingerprint density at radius 1 is 1.41 bits per heavy atom. The van der Waals surface area contributed by atoms with Crippen molar-refractivity contribution >= 4 is 39.4 Å². The Labute approximate surface area is 142 Å². The number of amides is 1. The number of carboxylic acids is 1. The van der Waals surface area contributed by atoms with E-state index in [0.29, 0.717) is 41.2 Å². The van der Waals surface area contributed by atoms with Gasteiger partial charge in [0, 0.05) is 18.1 Å². The van der Waals surface area contributed by atoms with Gasteiger partial charge in [0.2, 0.25) is 0 Å². The van der Waals surface area contributed by atoms with Gasteiger partial charge in [0.25, 0.3) is 5.91 Å². The van der Waals surface area contributed by atoms with Gasteiger partial charge >= 0.3 is 5.97 Å². The van der Waals surface area contributed by atoms with E-state index in [-0.39, 0.29) is 11.8 Å². The van der Waals surface area contributed by atoms with E-state index in [9.17, 15) is 9.59 Å². The number of rotatable bonds is 4. The van der Waals surface area contributed by atoms with Gasteiger partial charge in [-0.05, 0) is 53.9 Å². The maximum absolute atomic E-state index is 12.4. The first-order valence-electron chi connectivity index (χ1n) is 7.01. The summed E-state index contributed by atoms with van der Waals surface area (Å²) in [5.74, 6) is -0.733. The Hall–Kier alpha value is -1.27. The molecule has 5 nitrogen and oxygen atoms in total. The first-order chi connectivity index (χ1) is 10.4. The summed E-state index contributed by atoms with van der Waals surface area (Å²) >= 11 is 9.21. The molecule has 0 unspecified atom stereocenters. The summed E-state index contributed by atoms with van der Waals surface area (Å²) in [6.45, 7) is 2.59. The van der Waals surface area contributed by atoms with Gasteiger partial charge in [-0.3, -0.25) is 9.59 Å². The van der Waals surface area contributed by atoms with Gasteiger partial charge in [0.05, 0.1) is 10.4 Å². The number of halogens is 2. The Morgan fingerprint density at radius 3 is 2.59 bits per heavy atom. The summed E-state index contributed by atoms with van der Waals surface area (Å²) in [4.78, 5) is 25.0. The second-order valence-electron chi connectivity index (χ2n) is 5.27. The summed E-state index contributed by atoms with van der Waals surface area (Å²) in [7, 11) is 0. The fraction of sp³-hybridized carbons (Fsp3) is 0.467. The van der Waals surface area contributed by atoms with Crippen molar-refractivity contribution in [3.8, 4) is 5.75 Å². The number of hydrogen-bond acceptors (Lipinski definition) is 3. The van der Waals surface area contributed by atoms with Gasteiger partial charge in [-0.25, -0.2) is 0 Å². The molecular weight excluding hydrogens is 374 g/mol. The first kappa shape index (κ1) is 17.1. The molecule has 0 spiro atoms. The van der Waals surface area contributed by atoms with Crippen LogP contribution in [0.3, 0.4) is 0 Å². The van der Waals surface area contributed by atoms with Crippen molar-refractivity contribution < 1.29 is 19.4 Å². The van der Waals surface area contributed by atoms with E-state index < -0.39 is 12.1 Å². The molecule has 0 radical (unpaired) electrons. The molecule has 0 aliphatic carbocycles. The molecule has 1 N–H and O–H groups in total. The molecule has 0 bridgehead atoms. The molecule has 0 aromatic heterocycles. The van der Waals surface area contributed by atoms with Gasteiger partial charge in [-0.1, -0.05) is 11.6 Å². The lowest BCUT2D eigenvalue weighted by Gasteiger charge is -2.32. The summed E-state index contributed by atoms with van der Waals surface area (Å²) < 4.78 is 6.36. The highest BCUT2D eigenvalue weighted by Crippen LogP contribution is 2.29. The van der Waals surface area contributed by atoms with Crippen molar-refractivity contribution in [3.63, 3.8) is 0 Å². The second kappa shape index (κ2) is 7.33. The number of aliphatic carboxylic acids is 1. The van der Waals surface area contributed by atoms with Crippen LogP contribution in [-0.2, 0) is 9.59 Å². The van der Waals surface area contributed by atoms with Crippen LogP contribution in [0.5, 0.6) is 5.75 Å². The quantitative estimate of drug-likeness (QED) is 0.857. The Kier molecular flexibility index (Phi) is 5.69. The molecule has 7 heteroatoms. The van der Waals surface area contributed by atoms with Crippen LogP contribution in [-0.4, -0.2) is 41.1 Å². The van der Waals surface area contributed by atoms with Gasteiger partial charge in [0.1, 0.15) is 5.75 Å². The van der Waals surface area contributed by atoms with E-state index >= 15 is 0 Å². The van der Waals surface area contributed by atoms with Crippen molar-refractivity contribution in [2.75, 3.05) is 13.1 Å². The van der Waals surface area contributed by atoms with Crippen molar-refractivity contribution in [2.45, 2.75) is 25.9 Å². The van der Waals surface area contributed by atoms with Crippen LogP contribution < -0.4 is 4.74 Å². The molecule has 1 fully saturated rings. The molecule has 1 amide bonds. The fourth-order valence-corrected chi connectivity index (χ4v) is 3.19. The standard InChI is InChI=1S/C15H17BrClNO4/c1-9(22-13-3-2-11(17)8-12(13)16)14(19)18-6-4-10(5-7-18)15(20)21/h2-3,8-10H,4-7H2,1H3,(H,20,21)/t9-/m1/s1. The van der Waals surface area contributed by atoms with E-state index in [2.05, 4.69) is 15.9 Å². The van der Waals surface area contributed by atoms with E-state index in [1.807, 2.05) is 0 Å². The molecule has 1 heterocycles. The lowest BCUT2D eigenvalue weighted by molar-refractivity contribution is -0.147. The van der Waals surface area contributed by atoms with Gasteiger partial charge in [-0.15, -0.1) is 0 Å². The van der Waals surface area contributed by atoms with E-state index in [4.69, 9.17) is 21.4 Å². The average molecular weight is 391 g/mol. The van der Waals surface area contributed by atoms with Crippen molar-refractivity contribution in [1.29, 1.82) is 0 Å². The van der Waals surface area contributed by atoms with Crippen molar-refractivity contribution in [3.05, 3.63) is 27.7 Å². The molecule has 2 rings (SSSR count). The minimum absolute atomic E-state index is 0.134. The summed E-state index contributed by atoms with van der Waals surface area (Å²) in [6.07, 6.45) is 0.329. The number of hydrogen-bond donors (Lipinski definition) is 1. The van der Waals surface area contributed by atoms with Crippen LogP contribution in [0.25, 0.3) is 0 Å². The molecule has 1 saturated heterocycles. The SMILES string of the molecule is C[C@@H](Oc1ccc(Cl)cc1Br)C(=O)N1CCC(C(=O)O)CC1. The molecular formula is C15H17BrClNO4. The zero-order chi connectivity index (χ0) is 16.3. The van der Waals surface area contributed by atoms with Crippen LogP contribution in [0.1, 0.15) is 19.8 Å². The molecule has 1 aliphatic heterocycles. The number of ether oxygens (including phenoxy) is 1. The average Bonchev–Trinajstić information content (AvgIpc) is 2.49. The van der Waals surface area contributed by atoms with E-state index in [0.717, 1.165) is 0 Å². The highest BCUT2D eigenvalue weighted by Gasteiger charge is 2.30. The topological polar surface area (TPSA) is 66.8 Å². The summed E-state index contributed by atoms with van der Waals surface area (Å²) in [5.41, 5.74) is 0. The highest BCUT2D eigenvalue weighted by atomic mass is 79.9. The normalized spacial score (nSPS) is 17.1. The predicted molar refractivity (Wildman–Crippen MR) is 86.2 cm³/mol. The maximum Gasteiger partial charge on any atom is 0.306 e. The third-order valence-electron chi connectivity index (χ3n) is 3.70. The minimum atomic E-state index is -0.790. The number of carbonyl (C=O) groups is 2. The Bertz CT molecular complexity index is 573. The van der Waals surface area contributed by atoms with Gasteiger partial charge in [0.15, 0.2) is 6.10 Å². The van der Waals surface area contributed by atoms with Crippen LogP contribution in [0.4, 0.5) is 0 Å². The van der Waals surface area contributed by atoms with Crippen molar-refractivity contribution in [2.24, 2.45) is 5.92 Å². The largest absolute Gasteiger partial charge is 0.481 e. The molecule has 1 aromatic rings. The zero-order valence-corrected chi connectivity index (χ0v) is 14.4. The van der Waals surface area contributed by atoms with Crippen LogP contribution >= 0.6 is 27.5 Å². The van der Waals surface area contributed by atoms with Crippen LogP contribution in [0, 0.1) is 5.92 Å². The maximum atomic E-state index is 12.4. The van der Waals surface area contributed by atoms with Crippen LogP contribution in [0.2, 0.25) is 5.02 Å². The molecule has 1 aliphatic rings. The Morgan fingerprint density at radius 2 is 2.05 bits per heavy atom. The van der Waals surface area contributed by atoms with Crippen LogP contribution in [0.15, 0.2) is 22.7 Å². The van der Waals surface area contributed by atoms with E-state index in [1.165, 1.54) is 0 Å². The van der Waals surface area contributed by atoms with Gasteiger partial charge in [-0.2, -0.15) is 0 Å². The number of piperidine rings is 1. The highest BCUT2D eigenvalue weighted by molar-refractivity contribution is 9.10. The number of likely N-dealkylation sites (tertiary alicyclic amines) is 1. The number of carbonyl (C=O) groups excluding carboxylic acids is 1. The van der Waals surface area contributed by atoms with E-state index in [1.54, 1.807) is 30.0 Å². The second-order valence-corrected chi connectivity index (χ2v) is 6.56. The fourth-order valence-electron chi connectivity index (χ4n) is 2.42. The smallest absolute Gasteiger partial charge is 0.306 e. The predicted octanol–water partition coefficient (Wildman–Crippen LogP) is 3.19. The van der Waals surface area contributed by atoms with Crippen molar-refractivity contribution in [1.82, 2.24) is 4.90 Å². The number of carboxylic acid groups (broad SMARTS) is 1. The summed E-state index contributed by atoms with van der Waals surface area (Å²) in [5, 5.41) is 9.55. The Balaban J connectivity index is 1.94. The first-order valence-corrected chi connectivity index (χ1v) is 8.19. The zero-order valence-electron chi connectivity index (χ0n) is 12.1. The monoisotopic (exact) mass is 389 g/mol. The lowest BCUT2D eigenvalue weighted by Crippen LogP contribution is -2.45. The third-order valence-corrected chi connectivity index (χ3v) is 4.56. The minimum Gasteiger partial charge on any atom is -0.481 e. The molecule has 120 valence electrons. The number of benzene rings is 1. The van der Waals surface area contributed by atoms with Gasteiger partial charge < -0.3 is 14.7 Å². The number of nitrogens with zero attached hydrogens (tertiary/aromatic N) is 1. The molecule has 22 heavy (non-hydrogen) atoms. The third kappa shape index (κ3) is 4.14. The molecule has 1 aromatic carbocycles. The lowest BCUT2D eigenvalue weighted by atomic mass is 9.97.